The fourth-order valence-corrected chi connectivity index (χ4v) is 3.09. The molecule has 3 rings (SSSR count). The molecule has 0 fully saturated rings. The number of hydrogen-bond donors (Lipinski definition) is 2. The highest BCUT2D eigenvalue weighted by atomic mass is 79.9. The van der Waals surface area contributed by atoms with Gasteiger partial charge >= 0.3 is 0 Å². The van der Waals surface area contributed by atoms with Crippen molar-refractivity contribution < 1.29 is 9.13 Å². The lowest BCUT2D eigenvalue weighted by Gasteiger charge is -2.14. The predicted octanol–water partition coefficient (Wildman–Crippen LogP) is 4.73. The SMILES string of the molecule is CCc1n[nH]c(=S)n1NCc1cc(Br)ccc1OCc1ccc(F)cc1. The highest BCUT2D eigenvalue weighted by Crippen LogP contribution is 2.24. The Morgan fingerprint density at radius 1 is 1.27 bits per heavy atom. The Morgan fingerprint density at radius 2 is 2.04 bits per heavy atom. The van der Waals surface area contributed by atoms with Crippen molar-refractivity contribution in [2.24, 2.45) is 0 Å². The summed E-state index contributed by atoms with van der Waals surface area (Å²) in [6, 6.07) is 12.1. The molecule has 2 aromatic carbocycles. The third-order valence-electron chi connectivity index (χ3n) is 3.82. The third kappa shape index (κ3) is 4.50. The van der Waals surface area contributed by atoms with Crippen molar-refractivity contribution in [1.82, 2.24) is 14.9 Å². The van der Waals surface area contributed by atoms with Gasteiger partial charge in [0.25, 0.3) is 0 Å². The molecule has 0 saturated heterocycles. The molecule has 2 N–H and O–H groups in total. The van der Waals surface area contributed by atoms with Crippen molar-refractivity contribution in [2.75, 3.05) is 5.43 Å². The molecule has 0 aliphatic rings. The lowest BCUT2D eigenvalue weighted by molar-refractivity contribution is 0.303. The first-order chi connectivity index (χ1) is 12.6. The van der Waals surface area contributed by atoms with Gasteiger partial charge in [0.05, 0.1) is 6.54 Å². The molecule has 1 aromatic heterocycles. The molecule has 3 aromatic rings. The fraction of sp³-hybridized carbons (Fsp3) is 0.222. The van der Waals surface area contributed by atoms with E-state index in [1.807, 2.05) is 25.1 Å². The number of hydrogen-bond acceptors (Lipinski definition) is 4. The Morgan fingerprint density at radius 3 is 2.77 bits per heavy atom. The van der Waals surface area contributed by atoms with Crippen molar-refractivity contribution in [2.45, 2.75) is 26.5 Å². The molecule has 0 aliphatic heterocycles. The van der Waals surface area contributed by atoms with Crippen LogP contribution in [0.25, 0.3) is 0 Å². The maximum atomic E-state index is 13.0. The minimum Gasteiger partial charge on any atom is -0.489 e. The van der Waals surface area contributed by atoms with Gasteiger partial charge in [-0.2, -0.15) is 5.10 Å². The summed E-state index contributed by atoms with van der Waals surface area (Å²) >= 11 is 8.74. The number of rotatable bonds is 7. The molecule has 5 nitrogen and oxygen atoms in total. The molecule has 0 radical (unpaired) electrons. The number of aromatic nitrogens is 3. The normalized spacial score (nSPS) is 10.7. The molecule has 0 atom stereocenters. The van der Waals surface area contributed by atoms with Crippen molar-refractivity contribution in [3.63, 3.8) is 0 Å². The second kappa shape index (κ2) is 8.46. The van der Waals surface area contributed by atoms with E-state index in [1.54, 1.807) is 16.8 Å². The van der Waals surface area contributed by atoms with Crippen molar-refractivity contribution >= 4 is 28.1 Å². The van der Waals surface area contributed by atoms with Gasteiger partial charge < -0.3 is 10.2 Å². The molecule has 0 bridgehead atoms. The zero-order valence-corrected chi connectivity index (χ0v) is 16.5. The Bertz CT molecular complexity index is 939. The van der Waals surface area contributed by atoms with E-state index in [0.717, 1.165) is 33.6 Å². The fourth-order valence-electron chi connectivity index (χ4n) is 2.46. The molecule has 8 heteroatoms. The van der Waals surface area contributed by atoms with Crippen molar-refractivity contribution in [3.8, 4) is 5.75 Å². The predicted molar refractivity (Wildman–Crippen MR) is 105 cm³/mol. The minimum atomic E-state index is -0.258. The Labute approximate surface area is 164 Å². The van der Waals surface area contributed by atoms with Gasteiger partial charge in [-0.1, -0.05) is 35.0 Å². The van der Waals surface area contributed by atoms with Gasteiger partial charge in [-0.05, 0) is 48.1 Å². The number of benzene rings is 2. The third-order valence-corrected chi connectivity index (χ3v) is 4.58. The Hall–Kier alpha value is -2.19. The van der Waals surface area contributed by atoms with E-state index in [1.165, 1.54) is 12.1 Å². The summed E-state index contributed by atoms with van der Waals surface area (Å²) in [5.41, 5.74) is 5.14. The number of aryl methyl sites for hydroxylation is 1. The first kappa shape index (κ1) is 18.6. The molecule has 0 aliphatic carbocycles. The van der Waals surface area contributed by atoms with Gasteiger partial charge in [-0.3, -0.25) is 5.10 Å². The smallest absolute Gasteiger partial charge is 0.214 e. The number of ether oxygens (including phenoxy) is 1. The Balaban J connectivity index is 1.74. The number of nitrogens with one attached hydrogen (secondary N) is 2. The monoisotopic (exact) mass is 436 g/mol. The molecule has 26 heavy (non-hydrogen) atoms. The summed E-state index contributed by atoms with van der Waals surface area (Å²) in [7, 11) is 0. The molecule has 0 unspecified atom stereocenters. The average molecular weight is 437 g/mol. The van der Waals surface area contributed by atoms with Crippen LogP contribution in [0.15, 0.2) is 46.9 Å². The van der Waals surface area contributed by atoms with Gasteiger partial charge in [-0.15, -0.1) is 0 Å². The standard InChI is InChI=1S/C18H18BrFN4OS/c1-2-17-22-23-18(26)24(17)21-10-13-9-14(19)5-8-16(13)25-11-12-3-6-15(20)7-4-12/h3-9,21H,2,10-11H2,1H3,(H,23,26). The van der Waals surface area contributed by atoms with E-state index in [-0.39, 0.29) is 5.82 Å². The van der Waals surface area contributed by atoms with Crippen LogP contribution < -0.4 is 10.2 Å². The molecular weight excluding hydrogens is 419 g/mol. The van der Waals surface area contributed by atoms with E-state index < -0.39 is 0 Å². The second-order valence-electron chi connectivity index (χ2n) is 5.64. The van der Waals surface area contributed by atoms with Crippen LogP contribution in [0, 0.1) is 10.6 Å². The van der Waals surface area contributed by atoms with Gasteiger partial charge in [-0.25, -0.2) is 9.07 Å². The summed E-state index contributed by atoms with van der Waals surface area (Å²) < 4.78 is 22.2. The quantitative estimate of drug-likeness (QED) is 0.525. The maximum absolute atomic E-state index is 13.0. The number of aromatic amines is 1. The zero-order chi connectivity index (χ0) is 18.5. The van der Waals surface area contributed by atoms with E-state index >= 15 is 0 Å². The van der Waals surface area contributed by atoms with E-state index in [0.29, 0.717) is 17.9 Å². The minimum absolute atomic E-state index is 0.258. The lowest BCUT2D eigenvalue weighted by atomic mass is 10.2. The van der Waals surface area contributed by atoms with E-state index in [9.17, 15) is 4.39 Å². The first-order valence-electron chi connectivity index (χ1n) is 8.12. The second-order valence-corrected chi connectivity index (χ2v) is 6.94. The van der Waals surface area contributed by atoms with Crippen LogP contribution in [0.1, 0.15) is 23.9 Å². The van der Waals surface area contributed by atoms with Crippen molar-refractivity contribution in [1.29, 1.82) is 0 Å². The summed E-state index contributed by atoms with van der Waals surface area (Å²) in [5, 5.41) is 6.97. The molecule has 136 valence electrons. The summed E-state index contributed by atoms with van der Waals surface area (Å²) in [6.45, 7) is 2.89. The van der Waals surface area contributed by atoms with Gasteiger partial charge in [0.2, 0.25) is 4.77 Å². The van der Waals surface area contributed by atoms with Crippen LogP contribution in [-0.2, 0) is 19.6 Å². The Kier molecular flexibility index (Phi) is 6.05. The number of halogens is 2. The summed E-state index contributed by atoms with van der Waals surface area (Å²) in [6.07, 6.45) is 0.756. The molecular formula is C18H18BrFN4OS. The van der Waals surface area contributed by atoms with E-state index in [2.05, 4.69) is 31.6 Å². The maximum Gasteiger partial charge on any atom is 0.214 e. The van der Waals surface area contributed by atoms with Crippen LogP contribution in [0.5, 0.6) is 5.75 Å². The largest absolute Gasteiger partial charge is 0.489 e. The lowest BCUT2D eigenvalue weighted by Crippen LogP contribution is -2.17. The van der Waals surface area contributed by atoms with Crippen LogP contribution >= 0.6 is 28.1 Å². The molecule has 1 heterocycles. The zero-order valence-electron chi connectivity index (χ0n) is 14.1. The molecule has 0 amide bonds. The molecule has 0 spiro atoms. The van der Waals surface area contributed by atoms with E-state index in [4.69, 9.17) is 17.0 Å². The number of nitrogens with zero attached hydrogens (tertiary/aromatic N) is 2. The van der Waals surface area contributed by atoms with Crippen LogP contribution in [0.4, 0.5) is 4.39 Å². The highest BCUT2D eigenvalue weighted by Gasteiger charge is 2.08. The van der Waals surface area contributed by atoms with Crippen LogP contribution in [0.2, 0.25) is 0 Å². The van der Waals surface area contributed by atoms with Gasteiger partial charge in [0.1, 0.15) is 18.2 Å². The first-order valence-corrected chi connectivity index (χ1v) is 9.32. The average Bonchev–Trinajstić information content (AvgIpc) is 3.00. The topological polar surface area (TPSA) is 54.9 Å². The highest BCUT2D eigenvalue weighted by molar-refractivity contribution is 9.10. The molecule has 0 saturated carbocycles. The number of H-pyrrole nitrogens is 1. The van der Waals surface area contributed by atoms with Crippen LogP contribution in [-0.4, -0.2) is 14.9 Å². The summed E-state index contributed by atoms with van der Waals surface area (Å²) in [5.74, 6) is 1.32. The van der Waals surface area contributed by atoms with Crippen molar-refractivity contribution in [3.05, 3.63) is 74.5 Å². The summed E-state index contributed by atoms with van der Waals surface area (Å²) in [4.78, 5) is 0. The van der Waals surface area contributed by atoms with Gasteiger partial charge in [0, 0.05) is 16.5 Å². The van der Waals surface area contributed by atoms with Gasteiger partial charge in [0.15, 0.2) is 5.82 Å². The van der Waals surface area contributed by atoms with Crippen LogP contribution in [0.3, 0.4) is 0 Å².